The van der Waals surface area contributed by atoms with Gasteiger partial charge in [-0.05, 0) is 37.7 Å². The van der Waals surface area contributed by atoms with E-state index < -0.39 is 0 Å². The minimum Gasteiger partial charge on any atom is -0.494 e. The number of para-hydroxylation sites is 1. The molecule has 0 unspecified atom stereocenters. The molecule has 3 rings (SSSR count). The van der Waals surface area contributed by atoms with Crippen LogP contribution in [-0.4, -0.2) is 25.9 Å². The fraction of sp³-hybridized carbons (Fsp3) is 0.333. The maximum absolute atomic E-state index is 5.71. The standard InChI is InChI=1S/C15H18N4OS/c1-11-13-14(18(2)17-11)19(15(21)16-13)9-6-10-20-12-7-4-3-5-8-12/h3-5,7-8H,6,9-10H2,1-2H3,(H,16,21). The Labute approximate surface area is 128 Å². The molecule has 0 saturated carbocycles. The Balaban J connectivity index is 1.68. The van der Waals surface area contributed by atoms with Crippen LogP contribution in [0.5, 0.6) is 5.75 Å². The second kappa shape index (κ2) is 5.73. The maximum Gasteiger partial charge on any atom is 0.179 e. The van der Waals surface area contributed by atoms with Gasteiger partial charge in [0.2, 0.25) is 0 Å². The van der Waals surface area contributed by atoms with Gasteiger partial charge in [0, 0.05) is 13.6 Å². The van der Waals surface area contributed by atoms with Gasteiger partial charge in [-0.15, -0.1) is 0 Å². The lowest BCUT2D eigenvalue weighted by molar-refractivity contribution is 0.302. The fourth-order valence-corrected chi connectivity index (χ4v) is 2.79. The topological polar surface area (TPSA) is 47.8 Å². The molecule has 0 fully saturated rings. The van der Waals surface area contributed by atoms with Crippen LogP contribution in [0, 0.1) is 11.7 Å². The highest BCUT2D eigenvalue weighted by Crippen LogP contribution is 2.17. The molecular weight excluding hydrogens is 284 g/mol. The number of nitrogens with one attached hydrogen (secondary N) is 1. The van der Waals surface area contributed by atoms with E-state index in [1.807, 2.05) is 49.0 Å². The minimum atomic E-state index is 0.662. The van der Waals surface area contributed by atoms with Gasteiger partial charge in [0.05, 0.1) is 12.3 Å². The number of aromatic nitrogens is 4. The van der Waals surface area contributed by atoms with Crippen molar-refractivity contribution in [1.29, 1.82) is 0 Å². The molecule has 110 valence electrons. The number of ether oxygens (including phenoxy) is 1. The first-order valence-corrected chi connectivity index (χ1v) is 7.37. The summed E-state index contributed by atoms with van der Waals surface area (Å²) in [4.78, 5) is 3.23. The van der Waals surface area contributed by atoms with Crippen LogP contribution < -0.4 is 4.74 Å². The molecule has 5 nitrogen and oxygen atoms in total. The zero-order valence-electron chi connectivity index (χ0n) is 12.2. The van der Waals surface area contributed by atoms with Gasteiger partial charge in [-0.3, -0.25) is 4.68 Å². The molecule has 0 atom stereocenters. The van der Waals surface area contributed by atoms with Crippen LogP contribution in [-0.2, 0) is 13.6 Å². The van der Waals surface area contributed by atoms with Gasteiger partial charge in [-0.1, -0.05) is 18.2 Å². The number of imidazole rings is 1. The predicted octanol–water partition coefficient (Wildman–Crippen LogP) is 3.21. The number of H-pyrrole nitrogens is 1. The second-order valence-electron chi connectivity index (χ2n) is 5.00. The van der Waals surface area contributed by atoms with Gasteiger partial charge in [0.25, 0.3) is 0 Å². The van der Waals surface area contributed by atoms with E-state index in [-0.39, 0.29) is 0 Å². The lowest BCUT2D eigenvalue weighted by atomic mass is 10.3. The fourth-order valence-electron chi connectivity index (χ4n) is 2.51. The summed E-state index contributed by atoms with van der Waals surface area (Å²) >= 11 is 5.39. The molecule has 0 radical (unpaired) electrons. The third kappa shape index (κ3) is 2.71. The van der Waals surface area contributed by atoms with Crippen LogP contribution in [0.3, 0.4) is 0 Å². The summed E-state index contributed by atoms with van der Waals surface area (Å²) in [5.41, 5.74) is 3.03. The summed E-state index contributed by atoms with van der Waals surface area (Å²) < 4.78 is 10.4. The SMILES string of the molecule is Cc1nn(C)c2c1[nH]c(=S)n2CCCOc1ccccc1. The number of aromatic amines is 1. The van der Waals surface area contributed by atoms with Crippen LogP contribution in [0.25, 0.3) is 11.2 Å². The minimum absolute atomic E-state index is 0.662. The van der Waals surface area contributed by atoms with Crippen LogP contribution in [0.1, 0.15) is 12.1 Å². The molecule has 1 N–H and O–H groups in total. The van der Waals surface area contributed by atoms with Gasteiger partial charge in [0.1, 0.15) is 11.3 Å². The predicted molar refractivity (Wildman–Crippen MR) is 85.2 cm³/mol. The average Bonchev–Trinajstić information content (AvgIpc) is 2.94. The summed E-state index contributed by atoms with van der Waals surface area (Å²) in [6, 6.07) is 9.85. The molecule has 1 aromatic carbocycles. The van der Waals surface area contributed by atoms with E-state index in [1.165, 1.54) is 0 Å². The number of hydrogen-bond donors (Lipinski definition) is 1. The highest BCUT2D eigenvalue weighted by Gasteiger charge is 2.12. The van der Waals surface area contributed by atoms with E-state index in [4.69, 9.17) is 17.0 Å². The molecule has 21 heavy (non-hydrogen) atoms. The Bertz CT molecular complexity index is 800. The zero-order chi connectivity index (χ0) is 14.8. The van der Waals surface area contributed by atoms with Gasteiger partial charge in [0.15, 0.2) is 10.4 Å². The number of hydrogen-bond acceptors (Lipinski definition) is 3. The monoisotopic (exact) mass is 302 g/mol. The Morgan fingerprint density at radius 2 is 2.05 bits per heavy atom. The van der Waals surface area contributed by atoms with Gasteiger partial charge in [-0.2, -0.15) is 5.10 Å². The Morgan fingerprint density at radius 1 is 1.29 bits per heavy atom. The van der Waals surface area contributed by atoms with Crippen molar-refractivity contribution in [3.8, 4) is 5.75 Å². The lowest BCUT2D eigenvalue weighted by Crippen LogP contribution is -2.07. The highest BCUT2D eigenvalue weighted by atomic mass is 32.1. The van der Waals surface area contributed by atoms with Crippen molar-refractivity contribution in [3.63, 3.8) is 0 Å². The third-order valence-corrected chi connectivity index (χ3v) is 3.79. The first-order chi connectivity index (χ1) is 10.2. The summed E-state index contributed by atoms with van der Waals surface area (Å²) in [6.07, 6.45) is 0.889. The molecule has 0 spiro atoms. The van der Waals surface area contributed by atoms with Crippen LogP contribution in [0.2, 0.25) is 0 Å². The quantitative estimate of drug-likeness (QED) is 0.581. The summed E-state index contributed by atoms with van der Waals surface area (Å²) in [5.74, 6) is 0.900. The van der Waals surface area contributed by atoms with Crippen molar-refractivity contribution in [3.05, 3.63) is 40.8 Å². The lowest BCUT2D eigenvalue weighted by Gasteiger charge is -2.07. The van der Waals surface area contributed by atoms with Gasteiger partial charge >= 0.3 is 0 Å². The Kier molecular flexibility index (Phi) is 3.79. The molecule has 0 aliphatic heterocycles. The van der Waals surface area contributed by atoms with Gasteiger partial charge < -0.3 is 14.3 Å². The van der Waals surface area contributed by atoms with Crippen molar-refractivity contribution in [2.45, 2.75) is 19.9 Å². The number of aryl methyl sites for hydroxylation is 3. The van der Waals surface area contributed by atoms with E-state index in [0.717, 1.165) is 40.3 Å². The van der Waals surface area contributed by atoms with E-state index in [0.29, 0.717) is 6.61 Å². The first-order valence-electron chi connectivity index (χ1n) is 6.97. The number of rotatable bonds is 5. The average molecular weight is 302 g/mol. The van der Waals surface area contributed by atoms with Crippen LogP contribution in [0.4, 0.5) is 0 Å². The molecule has 2 aromatic heterocycles. The number of benzene rings is 1. The van der Waals surface area contributed by atoms with Crippen molar-refractivity contribution in [1.82, 2.24) is 19.3 Å². The molecule has 0 saturated heterocycles. The smallest absolute Gasteiger partial charge is 0.179 e. The Hall–Kier alpha value is -2.08. The molecule has 0 aliphatic carbocycles. The molecule has 3 aromatic rings. The molecule has 0 aliphatic rings. The van der Waals surface area contributed by atoms with Crippen molar-refractivity contribution in [2.24, 2.45) is 7.05 Å². The van der Waals surface area contributed by atoms with Crippen LogP contribution in [0.15, 0.2) is 30.3 Å². The number of fused-ring (bicyclic) bond motifs is 1. The van der Waals surface area contributed by atoms with Crippen molar-refractivity contribution in [2.75, 3.05) is 6.61 Å². The van der Waals surface area contributed by atoms with Crippen molar-refractivity contribution < 1.29 is 4.74 Å². The third-order valence-electron chi connectivity index (χ3n) is 3.46. The zero-order valence-corrected chi connectivity index (χ0v) is 13.0. The molecule has 6 heteroatoms. The van der Waals surface area contributed by atoms with Gasteiger partial charge in [-0.25, -0.2) is 0 Å². The largest absolute Gasteiger partial charge is 0.494 e. The number of nitrogens with zero attached hydrogens (tertiary/aromatic N) is 3. The second-order valence-corrected chi connectivity index (χ2v) is 5.39. The summed E-state index contributed by atoms with van der Waals surface area (Å²) in [5, 5.41) is 4.41. The van der Waals surface area contributed by atoms with Crippen molar-refractivity contribution >= 4 is 23.4 Å². The maximum atomic E-state index is 5.71. The van der Waals surface area contributed by atoms with E-state index in [9.17, 15) is 0 Å². The molecule has 0 bridgehead atoms. The first kappa shape index (κ1) is 13.9. The van der Waals surface area contributed by atoms with E-state index in [2.05, 4.69) is 14.6 Å². The van der Waals surface area contributed by atoms with Crippen LogP contribution >= 0.6 is 12.2 Å². The normalized spacial score (nSPS) is 11.1. The van der Waals surface area contributed by atoms with E-state index in [1.54, 1.807) is 0 Å². The highest BCUT2D eigenvalue weighted by molar-refractivity contribution is 7.71. The summed E-state index contributed by atoms with van der Waals surface area (Å²) in [6.45, 7) is 3.45. The summed E-state index contributed by atoms with van der Waals surface area (Å²) in [7, 11) is 1.94. The molecular formula is C15H18N4OS. The Morgan fingerprint density at radius 3 is 2.81 bits per heavy atom. The molecule has 2 heterocycles. The van der Waals surface area contributed by atoms with E-state index >= 15 is 0 Å². The molecule has 0 amide bonds.